The van der Waals surface area contributed by atoms with Gasteiger partial charge in [-0.25, -0.2) is 0 Å². The van der Waals surface area contributed by atoms with E-state index in [4.69, 9.17) is 5.11 Å². The number of hydrogen-bond acceptors (Lipinski definition) is 3. The van der Waals surface area contributed by atoms with Gasteiger partial charge in [-0.05, 0) is 104 Å². The largest absolute Gasteiger partial charge is 0.481 e. The number of aliphatic hydroxyl groups is 2. The van der Waals surface area contributed by atoms with E-state index in [1.807, 2.05) is 0 Å². The van der Waals surface area contributed by atoms with E-state index in [1.165, 1.54) is 25.7 Å². The zero-order valence-corrected chi connectivity index (χ0v) is 17.9. The molecule has 5 heteroatoms. The van der Waals surface area contributed by atoms with E-state index in [-0.39, 0.29) is 53.0 Å². The van der Waals surface area contributed by atoms with Crippen LogP contribution in [0.25, 0.3) is 0 Å². The molecular weight excluding hydrogens is 377 g/mol. The van der Waals surface area contributed by atoms with Gasteiger partial charge in [0.2, 0.25) is 0 Å². The van der Waals surface area contributed by atoms with E-state index in [1.54, 1.807) is 0 Å². The molecule has 4 nitrogen and oxygen atoms in total. The van der Waals surface area contributed by atoms with E-state index < -0.39 is 5.97 Å². The molecule has 0 aromatic rings. The molecule has 4 saturated carbocycles. The smallest absolute Gasteiger partial charge is 0.316 e. The average molecular weight is 419 g/mol. The molecule has 0 aromatic heterocycles. The van der Waals surface area contributed by atoms with Crippen LogP contribution in [0.15, 0.2) is 0 Å². The molecule has 4 rings (SSSR count). The van der Waals surface area contributed by atoms with E-state index in [2.05, 4.69) is 20.8 Å². The van der Waals surface area contributed by atoms with Crippen molar-refractivity contribution >= 4 is 29.0 Å². The van der Waals surface area contributed by atoms with Gasteiger partial charge < -0.3 is 15.3 Å². The molecule has 4 aliphatic rings. The van der Waals surface area contributed by atoms with Gasteiger partial charge in [-0.1, -0.05) is 20.8 Å². The molecule has 0 radical (unpaired) electrons. The predicted octanol–water partition coefficient (Wildman–Crippen LogP) is 3.56. The summed E-state index contributed by atoms with van der Waals surface area (Å²) >= 11 is 0. The molecule has 4 aliphatic carbocycles. The highest BCUT2D eigenvalue weighted by Crippen LogP contribution is 2.68. The van der Waals surface area contributed by atoms with Crippen molar-refractivity contribution in [1.82, 2.24) is 0 Å². The molecule has 0 amide bonds. The van der Waals surface area contributed by atoms with Gasteiger partial charge in [-0.2, -0.15) is 0 Å². The summed E-state index contributed by atoms with van der Waals surface area (Å²) in [6, 6.07) is 0. The third kappa shape index (κ3) is 3.91. The van der Waals surface area contributed by atoms with Crippen LogP contribution in [0.4, 0.5) is 0 Å². The van der Waals surface area contributed by atoms with E-state index in [9.17, 15) is 15.0 Å². The number of aliphatic hydroxyl groups excluding tert-OH is 2. The van der Waals surface area contributed by atoms with Crippen molar-refractivity contribution in [1.29, 1.82) is 0 Å². The average Bonchev–Trinajstić information content (AvgIpc) is 2.99. The Bertz CT molecular complexity index is 612. The highest BCUT2D eigenvalue weighted by molar-refractivity contribution is 5.75. The van der Waals surface area contributed by atoms with Gasteiger partial charge in [0.25, 0.3) is 0 Å². The fourth-order valence-electron chi connectivity index (χ4n) is 8.81. The number of carboxylic acid groups (broad SMARTS) is 1. The molecule has 29 heavy (non-hydrogen) atoms. The van der Waals surface area contributed by atoms with Gasteiger partial charge in [0.15, 0.2) is 0 Å². The maximum absolute atomic E-state index is 11.1. The van der Waals surface area contributed by atoms with Gasteiger partial charge in [-0.15, -0.1) is 0 Å². The minimum absolute atomic E-state index is 0. The lowest BCUT2D eigenvalue weighted by Crippen LogP contribution is -2.58. The molecular formula is C24H42MgO4. The third-order valence-electron chi connectivity index (χ3n) is 10.2. The van der Waals surface area contributed by atoms with Gasteiger partial charge in [-0.3, -0.25) is 4.79 Å². The first-order chi connectivity index (χ1) is 13.2. The van der Waals surface area contributed by atoms with Gasteiger partial charge >= 0.3 is 29.0 Å². The van der Waals surface area contributed by atoms with Gasteiger partial charge in [0.1, 0.15) is 0 Å². The molecule has 0 saturated heterocycles. The normalized spacial score (nSPS) is 49.9. The molecule has 4 fully saturated rings. The maximum atomic E-state index is 11.1. The predicted molar refractivity (Wildman–Crippen MR) is 117 cm³/mol. The van der Waals surface area contributed by atoms with Crippen LogP contribution < -0.4 is 0 Å². The highest BCUT2D eigenvalue weighted by atomic mass is 24.3. The fraction of sp³-hybridized carbons (Fsp3) is 0.958. The summed E-state index contributed by atoms with van der Waals surface area (Å²) < 4.78 is 0. The topological polar surface area (TPSA) is 77.8 Å². The first-order valence-corrected chi connectivity index (χ1v) is 11.7. The Morgan fingerprint density at radius 2 is 1.62 bits per heavy atom. The van der Waals surface area contributed by atoms with Gasteiger partial charge in [0.05, 0.1) is 12.2 Å². The standard InChI is InChI=1S/C24H40O4.Mg.2H/c1-14(4-7-22(27)28)17-5-6-18-16-13-21(26)20-12-15(25)8-10-24(20,3)19(16)9-11-23(17,18)2;;;/h14-21,25-26H,4-13H2,1-3H3,(H,27,28);;;/t14-,15?,16+,17-,18+,19+,20+,21?,23-,24-;;;/m1.../s1. The summed E-state index contributed by atoms with van der Waals surface area (Å²) in [5.41, 5.74) is 0.478. The third-order valence-corrected chi connectivity index (χ3v) is 10.2. The molecule has 2 unspecified atom stereocenters. The maximum Gasteiger partial charge on any atom is 0.316 e. The first-order valence-electron chi connectivity index (χ1n) is 11.7. The lowest BCUT2D eigenvalue weighted by molar-refractivity contribution is -0.172. The second kappa shape index (κ2) is 8.59. The van der Waals surface area contributed by atoms with E-state index in [0.29, 0.717) is 35.0 Å². The Hall–Kier alpha value is 0.156. The molecule has 3 N–H and O–H groups in total. The van der Waals surface area contributed by atoms with Crippen LogP contribution in [-0.2, 0) is 4.79 Å². The SMILES string of the molecule is C[C@H](CCC(=O)O)[C@H]1CC[C@H]2[C@@H]3CC(O)[C@@H]4CC(O)CC[C@]4(C)[C@H]3CC[C@]12C.[MgH2]. The Balaban J connectivity index is 0.00000240. The number of carboxylic acids is 1. The summed E-state index contributed by atoms with van der Waals surface area (Å²) in [4.78, 5) is 11.1. The molecule has 0 spiro atoms. The van der Waals surface area contributed by atoms with Crippen LogP contribution in [0.3, 0.4) is 0 Å². The molecule has 0 aromatic carbocycles. The van der Waals surface area contributed by atoms with Crippen LogP contribution in [-0.4, -0.2) is 56.5 Å². The lowest BCUT2D eigenvalue weighted by Gasteiger charge is -2.62. The number of aliphatic carboxylic acids is 1. The monoisotopic (exact) mass is 418 g/mol. The summed E-state index contributed by atoms with van der Waals surface area (Å²) in [5.74, 6) is 2.61. The Kier molecular flexibility index (Phi) is 7.06. The highest BCUT2D eigenvalue weighted by Gasteiger charge is 2.62. The van der Waals surface area contributed by atoms with Crippen molar-refractivity contribution in [2.75, 3.05) is 0 Å². The van der Waals surface area contributed by atoms with Crippen molar-refractivity contribution in [3.63, 3.8) is 0 Å². The Morgan fingerprint density at radius 3 is 2.31 bits per heavy atom. The van der Waals surface area contributed by atoms with Crippen LogP contribution >= 0.6 is 0 Å². The van der Waals surface area contributed by atoms with Crippen molar-refractivity contribution in [2.45, 2.75) is 97.2 Å². The zero-order valence-electron chi connectivity index (χ0n) is 17.9. The number of fused-ring (bicyclic) bond motifs is 5. The minimum atomic E-state index is -0.677. The zero-order chi connectivity index (χ0) is 20.3. The van der Waals surface area contributed by atoms with E-state index in [0.717, 1.165) is 32.1 Å². The van der Waals surface area contributed by atoms with Crippen molar-refractivity contribution in [2.24, 2.45) is 46.3 Å². The molecule has 0 bridgehead atoms. The molecule has 0 aliphatic heterocycles. The second-order valence-corrected chi connectivity index (χ2v) is 11.4. The van der Waals surface area contributed by atoms with Crippen LogP contribution in [0.5, 0.6) is 0 Å². The summed E-state index contributed by atoms with van der Waals surface area (Å²) in [7, 11) is 0. The minimum Gasteiger partial charge on any atom is -0.481 e. The number of carbonyl (C=O) groups is 1. The van der Waals surface area contributed by atoms with Crippen LogP contribution in [0.1, 0.15) is 85.0 Å². The van der Waals surface area contributed by atoms with Crippen LogP contribution in [0, 0.1) is 46.3 Å². The Labute approximate surface area is 192 Å². The fourth-order valence-corrected chi connectivity index (χ4v) is 8.81. The number of rotatable bonds is 4. The van der Waals surface area contributed by atoms with Crippen molar-refractivity contribution < 1.29 is 20.1 Å². The number of hydrogen-bond donors (Lipinski definition) is 3. The molecule has 0 heterocycles. The quantitative estimate of drug-likeness (QED) is 0.610. The van der Waals surface area contributed by atoms with E-state index >= 15 is 0 Å². The molecule has 164 valence electrons. The van der Waals surface area contributed by atoms with Crippen LogP contribution in [0.2, 0.25) is 0 Å². The van der Waals surface area contributed by atoms with Crippen molar-refractivity contribution in [3.8, 4) is 0 Å². The van der Waals surface area contributed by atoms with Gasteiger partial charge in [0, 0.05) is 6.42 Å². The lowest BCUT2D eigenvalue weighted by atomic mass is 9.44. The van der Waals surface area contributed by atoms with Crippen molar-refractivity contribution in [3.05, 3.63) is 0 Å². The Morgan fingerprint density at radius 1 is 0.966 bits per heavy atom. The summed E-state index contributed by atoms with van der Waals surface area (Å²) in [6.07, 6.45) is 9.16. The molecule has 10 atom stereocenters. The summed E-state index contributed by atoms with van der Waals surface area (Å²) in [5, 5.41) is 30.4. The first kappa shape index (κ1) is 23.8. The second-order valence-electron chi connectivity index (χ2n) is 11.4. The summed E-state index contributed by atoms with van der Waals surface area (Å²) in [6.45, 7) is 7.16.